The number of amides is 2. The summed E-state index contributed by atoms with van der Waals surface area (Å²) in [7, 11) is 1.63. The van der Waals surface area contributed by atoms with Gasteiger partial charge in [0.25, 0.3) is 0 Å². The zero-order chi connectivity index (χ0) is 16.5. The van der Waals surface area contributed by atoms with Crippen LogP contribution in [0.4, 0.5) is 0 Å². The van der Waals surface area contributed by atoms with Crippen molar-refractivity contribution >= 4 is 29.1 Å². The molecule has 2 amide bonds. The second-order valence-electron chi connectivity index (χ2n) is 6.33. The zero-order valence-corrected chi connectivity index (χ0v) is 14.3. The molecular formula is C17H22N2O2S. The highest BCUT2D eigenvalue weighted by Crippen LogP contribution is 2.29. The van der Waals surface area contributed by atoms with E-state index in [4.69, 9.17) is 12.2 Å². The molecule has 0 bridgehead atoms. The van der Waals surface area contributed by atoms with Crippen LogP contribution in [0, 0.1) is 5.41 Å². The first-order chi connectivity index (χ1) is 10.3. The van der Waals surface area contributed by atoms with Gasteiger partial charge in [0.2, 0.25) is 11.8 Å². The quantitative estimate of drug-likeness (QED) is 0.633. The second kappa shape index (κ2) is 6.16. The molecule has 1 saturated heterocycles. The number of hydrogen-bond donors (Lipinski definition) is 0. The SMILES string of the molecule is CC(CCN1C(=O)C(C)(C)C(=O)N(C)C1=S)c1ccccc1. The molecule has 1 aromatic rings. The van der Waals surface area contributed by atoms with Gasteiger partial charge < -0.3 is 0 Å². The average Bonchev–Trinajstić information content (AvgIpc) is 2.52. The van der Waals surface area contributed by atoms with Crippen molar-refractivity contribution in [3.05, 3.63) is 35.9 Å². The topological polar surface area (TPSA) is 40.6 Å². The van der Waals surface area contributed by atoms with Crippen molar-refractivity contribution in [3.8, 4) is 0 Å². The van der Waals surface area contributed by atoms with Gasteiger partial charge in [-0.25, -0.2) is 0 Å². The van der Waals surface area contributed by atoms with Gasteiger partial charge >= 0.3 is 0 Å². The first-order valence-corrected chi connectivity index (χ1v) is 7.86. The van der Waals surface area contributed by atoms with E-state index in [2.05, 4.69) is 19.1 Å². The van der Waals surface area contributed by atoms with E-state index >= 15 is 0 Å². The van der Waals surface area contributed by atoms with E-state index in [1.54, 1.807) is 25.8 Å². The van der Waals surface area contributed by atoms with Crippen LogP contribution in [-0.2, 0) is 9.59 Å². The summed E-state index contributed by atoms with van der Waals surface area (Å²) in [5.41, 5.74) is 0.189. The van der Waals surface area contributed by atoms with Crippen molar-refractivity contribution in [2.45, 2.75) is 33.1 Å². The molecule has 1 heterocycles. The van der Waals surface area contributed by atoms with E-state index in [1.165, 1.54) is 10.5 Å². The fraction of sp³-hybridized carbons (Fsp3) is 0.471. The lowest BCUT2D eigenvalue weighted by Crippen LogP contribution is -2.62. The largest absolute Gasteiger partial charge is 0.291 e. The number of carbonyl (C=O) groups is 2. The Kier molecular flexibility index (Phi) is 4.66. The van der Waals surface area contributed by atoms with E-state index in [1.807, 2.05) is 18.2 Å². The standard InChI is InChI=1S/C17H22N2O2S/c1-12(13-8-6-5-7-9-13)10-11-19-15(21)17(2,3)14(20)18(4)16(19)22/h5-9,12H,10-11H2,1-4H3. The lowest BCUT2D eigenvalue weighted by molar-refractivity contribution is -0.153. The van der Waals surface area contributed by atoms with E-state index < -0.39 is 5.41 Å². The van der Waals surface area contributed by atoms with Gasteiger partial charge in [-0.1, -0.05) is 37.3 Å². The van der Waals surface area contributed by atoms with E-state index in [-0.39, 0.29) is 11.8 Å². The molecule has 0 saturated carbocycles. The van der Waals surface area contributed by atoms with Crippen LogP contribution in [-0.4, -0.2) is 40.3 Å². The Morgan fingerprint density at radius 2 is 1.73 bits per heavy atom. The number of nitrogens with zero attached hydrogens (tertiary/aromatic N) is 2. The van der Waals surface area contributed by atoms with Crippen LogP contribution in [0.3, 0.4) is 0 Å². The Morgan fingerprint density at radius 3 is 2.32 bits per heavy atom. The Bertz CT molecular complexity index is 598. The van der Waals surface area contributed by atoms with Crippen molar-refractivity contribution in [1.29, 1.82) is 0 Å². The second-order valence-corrected chi connectivity index (χ2v) is 6.69. The van der Waals surface area contributed by atoms with Crippen LogP contribution in [0.1, 0.15) is 38.7 Å². The molecule has 1 unspecified atom stereocenters. The molecule has 1 aliphatic rings. The predicted octanol–water partition coefficient (Wildman–Crippen LogP) is 2.79. The Hall–Kier alpha value is -1.75. The molecule has 1 aliphatic heterocycles. The molecule has 0 spiro atoms. The molecule has 2 rings (SSSR count). The van der Waals surface area contributed by atoms with E-state index in [0.29, 0.717) is 17.6 Å². The maximum atomic E-state index is 12.6. The number of carbonyl (C=O) groups excluding carboxylic acids is 2. The lowest BCUT2D eigenvalue weighted by atomic mass is 9.87. The molecule has 0 radical (unpaired) electrons. The number of rotatable bonds is 4. The van der Waals surface area contributed by atoms with Crippen LogP contribution in [0.15, 0.2) is 30.3 Å². The van der Waals surface area contributed by atoms with Crippen LogP contribution in [0.2, 0.25) is 0 Å². The Labute approximate surface area is 137 Å². The highest BCUT2D eigenvalue weighted by Gasteiger charge is 2.48. The maximum Gasteiger partial charge on any atom is 0.243 e. The molecule has 4 nitrogen and oxygen atoms in total. The zero-order valence-electron chi connectivity index (χ0n) is 13.5. The van der Waals surface area contributed by atoms with Crippen LogP contribution >= 0.6 is 12.2 Å². The molecule has 118 valence electrons. The molecule has 1 fully saturated rings. The van der Waals surface area contributed by atoms with Gasteiger partial charge in [0.05, 0.1) is 0 Å². The number of hydrogen-bond acceptors (Lipinski definition) is 3. The number of benzene rings is 1. The minimum absolute atomic E-state index is 0.208. The van der Waals surface area contributed by atoms with Gasteiger partial charge in [0.15, 0.2) is 5.11 Å². The van der Waals surface area contributed by atoms with Crippen LogP contribution in [0.25, 0.3) is 0 Å². The molecule has 0 aromatic heterocycles. The van der Waals surface area contributed by atoms with Gasteiger partial charge in [0.1, 0.15) is 5.41 Å². The highest BCUT2D eigenvalue weighted by atomic mass is 32.1. The summed E-state index contributed by atoms with van der Waals surface area (Å²) < 4.78 is 0. The third-order valence-corrected chi connectivity index (χ3v) is 4.79. The lowest BCUT2D eigenvalue weighted by Gasteiger charge is -2.41. The summed E-state index contributed by atoms with van der Waals surface area (Å²) in [5.74, 6) is -0.126. The molecule has 1 atom stereocenters. The van der Waals surface area contributed by atoms with Gasteiger partial charge in [-0.15, -0.1) is 0 Å². The minimum Gasteiger partial charge on any atom is -0.291 e. The molecule has 1 aromatic carbocycles. The summed E-state index contributed by atoms with van der Waals surface area (Å²) in [6.45, 7) is 5.97. The predicted molar refractivity (Wildman–Crippen MR) is 90.3 cm³/mol. The van der Waals surface area contributed by atoms with Gasteiger partial charge in [-0.05, 0) is 44.0 Å². The van der Waals surface area contributed by atoms with Gasteiger partial charge in [0, 0.05) is 13.6 Å². The Morgan fingerprint density at radius 1 is 1.14 bits per heavy atom. The summed E-state index contributed by atoms with van der Waals surface area (Å²) in [5, 5.41) is 0.301. The maximum absolute atomic E-state index is 12.6. The van der Waals surface area contributed by atoms with Crippen LogP contribution < -0.4 is 0 Å². The third kappa shape index (κ3) is 2.90. The van der Waals surface area contributed by atoms with Crippen LogP contribution in [0.5, 0.6) is 0 Å². The fourth-order valence-corrected chi connectivity index (χ4v) is 2.93. The molecule has 0 N–H and O–H groups in total. The minimum atomic E-state index is -1.05. The van der Waals surface area contributed by atoms with Gasteiger partial charge in [-0.3, -0.25) is 19.4 Å². The summed E-state index contributed by atoms with van der Waals surface area (Å²) >= 11 is 5.29. The molecule has 22 heavy (non-hydrogen) atoms. The molecule has 5 heteroatoms. The van der Waals surface area contributed by atoms with Crippen molar-refractivity contribution in [1.82, 2.24) is 9.80 Å². The normalized spacial score (nSPS) is 19.5. The van der Waals surface area contributed by atoms with E-state index in [0.717, 1.165) is 6.42 Å². The molecular weight excluding hydrogens is 296 g/mol. The molecule has 0 aliphatic carbocycles. The van der Waals surface area contributed by atoms with Crippen molar-refractivity contribution < 1.29 is 9.59 Å². The average molecular weight is 318 g/mol. The summed E-state index contributed by atoms with van der Waals surface area (Å²) in [6, 6.07) is 10.2. The first-order valence-electron chi connectivity index (χ1n) is 7.46. The van der Waals surface area contributed by atoms with Crippen molar-refractivity contribution in [2.75, 3.05) is 13.6 Å². The van der Waals surface area contributed by atoms with E-state index in [9.17, 15) is 9.59 Å². The highest BCUT2D eigenvalue weighted by molar-refractivity contribution is 7.80. The van der Waals surface area contributed by atoms with Crippen molar-refractivity contribution in [2.24, 2.45) is 5.41 Å². The summed E-state index contributed by atoms with van der Waals surface area (Å²) in [6.07, 6.45) is 0.800. The van der Waals surface area contributed by atoms with Gasteiger partial charge in [-0.2, -0.15) is 0 Å². The fourth-order valence-electron chi connectivity index (χ4n) is 2.67. The monoisotopic (exact) mass is 318 g/mol. The smallest absolute Gasteiger partial charge is 0.243 e. The Balaban J connectivity index is 2.10. The number of thiocarbonyl (C=S) groups is 1. The third-order valence-electron chi connectivity index (χ3n) is 4.29. The summed E-state index contributed by atoms with van der Waals surface area (Å²) in [4.78, 5) is 27.7. The first kappa shape index (κ1) is 16.6. The van der Waals surface area contributed by atoms with Crippen molar-refractivity contribution in [3.63, 3.8) is 0 Å².